The second-order valence-corrected chi connectivity index (χ2v) is 5.64. The minimum absolute atomic E-state index is 0.555. The standard InChI is InChI=1S/C10H14BrClN2/c1-6-7(3-4-8(6)11)10-9(12)5-13-14(10)2/h5-8H,3-4H2,1-2H3. The van der Waals surface area contributed by atoms with Gasteiger partial charge in [0.15, 0.2) is 0 Å². The second kappa shape index (κ2) is 3.86. The molecule has 2 nitrogen and oxygen atoms in total. The molecule has 1 fully saturated rings. The number of hydrogen-bond acceptors (Lipinski definition) is 1. The highest BCUT2D eigenvalue weighted by atomic mass is 79.9. The van der Waals surface area contributed by atoms with Gasteiger partial charge in [0.25, 0.3) is 0 Å². The minimum Gasteiger partial charge on any atom is -0.271 e. The molecule has 78 valence electrons. The molecular weight excluding hydrogens is 263 g/mol. The molecule has 0 spiro atoms. The zero-order chi connectivity index (χ0) is 10.3. The zero-order valence-corrected chi connectivity index (χ0v) is 10.7. The van der Waals surface area contributed by atoms with Gasteiger partial charge in [0, 0.05) is 17.8 Å². The molecule has 1 aromatic heterocycles. The van der Waals surface area contributed by atoms with Crippen LogP contribution in [0, 0.1) is 5.92 Å². The Balaban J connectivity index is 2.32. The van der Waals surface area contributed by atoms with Crippen molar-refractivity contribution in [2.75, 3.05) is 0 Å². The van der Waals surface area contributed by atoms with E-state index in [9.17, 15) is 0 Å². The van der Waals surface area contributed by atoms with Gasteiger partial charge in [0.05, 0.1) is 16.9 Å². The van der Waals surface area contributed by atoms with E-state index >= 15 is 0 Å². The van der Waals surface area contributed by atoms with Crippen LogP contribution in [0.4, 0.5) is 0 Å². The summed E-state index contributed by atoms with van der Waals surface area (Å²) in [4.78, 5) is 0.624. The molecule has 3 atom stereocenters. The first kappa shape index (κ1) is 10.5. The molecule has 1 heterocycles. The molecule has 14 heavy (non-hydrogen) atoms. The highest BCUT2D eigenvalue weighted by Crippen LogP contribution is 2.44. The first-order valence-corrected chi connectivity index (χ1v) is 6.22. The van der Waals surface area contributed by atoms with Crippen molar-refractivity contribution in [3.63, 3.8) is 0 Å². The van der Waals surface area contributed by atoms with Crippen molar-refractivity contribution in [2.24, 2.45) is 13.0 Å². The zero-order valence-electron chi connectivity index (χ0n) is 8.37. The number of aromatic nitrogens is 2. The van der Waals surface area contributed by atoms with Crippen molar-refractivity contribution in [1.29, 1.82) is 0 Å². The maximum atomic E-state index is 6.14. The summed E-state index contributed by atoms with van der Waals surface area (Å²) in [7, 11) is 1.97. The van der Waals surface area contributed by atoms with Crippen molar-refractivity contribution in [3.05, 3.63) is 16.9 Å². The summed E-state index contributed by atoms with van der Waals surface area (Å²) in [5.41, 5.74) is 1.20. The minimum atomic E-state index is 0.555. The lowest BCUT2D eigenvalue weighted by Crippen LogP contribution is -2.12. The van der Waals surface area contributed by atoms with Crippen LogP contribution in [-0.4, -0.2) is 14.6 Å². The number of rotatable bonds is 1. The Labute approximate surface area is 97.8 Å². The Morgan fingerprint density at radius 1 is 1.57 bits per heavy atom. The predicted molar refractivity (Wildman–Crippen MR) is 62.1 cm³/mol. The molecule has 0 aliphatic heterocycles. The van der Waals surface area contributed by atoms with Crippen molar-refractivity contribution in [1.82, 2.24) is 9.78 Å². The SMILES string of the molecule is CC1C(Br)CCC1c1c(Cl)cnn1C. The molecule has 1 aliphatic rings. The summed E-state index contributed by atoms with van der Waals surface area (Å²) < 4.78 is 1.91. The molecule has 0 N–H and O–H groups in total. The Morgan fingerprint density at radius 2 is 2.29 bits per heavy atom. The van der Waals surface area contributed by atoms with Crippen LogP contribution in [0.5, 0.6) is 0 Å². The van der Waals surface area contributed by atoms with E-state index in [0.29, 0.717) is 16.7 Å². The van der Waals surface area contributed by atoms with E-state index in [1.807, 2.05) is 11.7 Å². The summed E-state index contributed by atoms with van der Waals surface area (Å²) in [6, 6.07) is 0. The summed E-state index contributed by atoms with van der Waals surface area (Å²) in [5.74, 6) is 1.20. The quantitative estimate of drug-likeness (QED) is 0.720. The fourth-order valence-electron chi connectivity index (χ4n) is 2.34. The van der Waals surface area contributed by atoms with Crippen LogP contribution in [0.3, 0.4) is 0 Å². The van der Waals surface area contributed by atoms with Crippen molar-refractivity contribution in [3.8, 4) is 0 Å². The Bertz CT molecular complexity index is 317. The first-order chi connectivity index (χ1) is 6.61. The molecule has 1 saturated carbocycles. The molecule has 0 radical (unpaired) electrons. The highest BCUT2D eigenvalue weighted by molar-refractivity contribution is 9.09. The molecular formula is C10H14BrClN2. The van der Waals surface area contributed by atoms with Gasteiger partial charge in [-0.2, -0.15) is 5.10 Å². The van der Waals surface area contributed by atoms with Gasteiger partial charge in [0.1, 0.15) is 0 Å². The van der Waals surface area contributed by atoms with Gasteiger partial charge < -0.3 is 0 Å². The number of nitrogens with zero attached hydrogens (tertiary/aromatic N) is 2. The third-order valence-corrected chi connectivity index (χ3v) is 4.83. The van der Waals surface area contributed by atoms with Gasteiger partial charge in [-0.05, 0) is 18.8 Å². The van der Waals surface area contributed by atoms with E-state index in [1.54, 1.807) is 6.20 Å². The third-order valence-electron chi connectivity index (χ3n) is 3.25. The van der Waals surface area contributed by atoms with E-state index < -0.39 is 0 Å². The average Bonchev–Trinajstić information content (AvgIpc) is 2.62. The average molecular weight is 278 g/mol. The van der Waals surface area contributed by atoms with E-state index in [0.717, 1.165) is 5.02 Å². The van der Waals surface area contributed by atoms with Gasteiger partial charge in [-0.1, -0.05) is 34.5 Å². The topological polar surface area (TPSA) is 17.8 Å². The summed E-state index contributed by atoms with van der Waals surface area (Å²) in [6.45, 7) is 2.28. The van der Waals surface area contributed by atoms with Crippen molar-refractivity contribution in [2.45, 2.75) is 30.5 Å². The van der Waals surface area contributed by atoms with Gasteiger partial charge >= 0.3 is 0 Å². The largest absolute Gasteiger partial charge is 0.271 e. The summed E-state index contributed by atoms with van der Waals surface area (Å²) in [6.07, 6.45) is 4.18. The van der Waals surface area contributed by atoms with E-state index in [4.69, 9.17) is 11.6 Å². The van der Waals surface area contributed by atoms with Crippen molar-refractivity contribution < 1.29 is 0 Å². The third kappa shape index (κ3) is 1.61. The van der Waals surface area contributed by atoms with Crippen LogP contribution in [-0.2, 0) is 7.05 Å². The van der Waals surface area contributed by atoms with Crippen LogP contribution in [0.15, 0.2) is 6.20 Å². The maximum absolute atomic E-state index is 6.14. The lowest BCUT2D eigenvalue weighted by atomic mass is 9.94. The van der Waals surface area contributed by atoms with Crippen LogP contribution < -0.4 is 0 Å². The van der Waals surface area contributed by atoms with Gasteiger partial charge in [-0.15, -0.1) is 0 Å². The molecule has 0 bridgehead atoms. The lowest BCUT2D eigenvalue weighted by Gasteiger charge is -2.18. The number of hydrogen-bond donors (Lipinski definition) is 0. The Hall–Kier alpha value is -0.0200. The monoisotopic (exact) mass is 276 g/mol. The highest BCUT2D eigenvalue weighted by Gasteiger charge is 2.34. The first-order valence-electron chi connectivity index (χ1n) is 4.92. The Kier molecular flexibility index (Phi) is 2.89. The molecule has 0 saturated heterocycles. The molecule has 1 aliphatic carbocycles. The van der Waals surface area contributed by atoms with E-state index in [-0.39, 0.29) is 0 Å². The van der Waals surface area contributed by atoms with Gasteiger partial charge in [-0.3, -0.25) is 4.68 Å². The molecule has 1 aromatic rings. The lowest BCUT2D eigenvalue weighted by molar-refractivity contribution is 0.506. The van der Waals surface area contributed by atoms with Gasteiger partial charge in [-0.25, -0.2) is 0 Å². The molecule has 4 heteroatoms. The van der Waals surface area contributed by atoms with E-state index in [2.05, 4.69) is 28.0 Å². The van der Waals surface area contributed by atoms with Crippen molar-refractivity contribution >= 4 is 27.5 Å². The number of halogens is 2. The van der Waals surface area contributed by atoms with Crippen LogP contribution in [0.1, 0.15) is 31.4 Å². The van der Waals surface area contributed by atoms with Crippen LogP contribution in [0.25, 0.3) is 0 Å². The Morgan fingerprint density at radius 3 is 2.71 bits per heavy atom. The molecule has 0 amide bonds. The fraction of sp³-hybridized carbons (Fsp3) is 0.700. The maximum Gasteiger partial charge on any atom is 0.0820 e. The molecule has 0 aromatic carbocycles. The number of alkyl halides is 1. The van der Waals surface area contributed by atoms with Crippen LogP contribution in [0.2, 0.25) is 5.02 Å². The summed E-state index contributed by atoms with van der Waals surface area (Å²) in [5, 5.41) is 5.00. The molecule has 2 rings (SSSR count). The predicted octanol–water partition coefficient (Wildman–Crippen LogP) is 3.35. The fourth-order valence-corrected chi connectivity index (χ4v) is 3.28. The van der Waals surface area contributed by atoms with E-state index in [1.165, 1.54) is 18.5 Å². The molecule has 3 unspecified atom stereocenters. The number of aryl methyl sites for hydroxylation is 1. The second-order valence-electron chi connectivity index (χ2n) is 4.06. The van der Waals surface area contributed by atoms with Crippen LogP contribution >= 0.6 is 27.5 Å². The van der Waals surface area contributed by atoms with Gasteiger partial charge in [0.2, 0.25) is 0 Å². The smallest absolute Gasteiger partial charge is 0.0820 e. The summed E-state index contributed by atoms with van der Waals surface area (Å²) >= 11 is 9.85. The normalized spacial score (nSPS) is 32.4.